The molecular weight excluding hydrogens is 338 g/mol. The van der Waals surface area contributed by atoms with Crippen molar-refractivity contribution in [2.75, 3.05) is 7.05 Å². The second-order valence-corrected chi connectivity index (χ2v) is 6.69. The van der Waals surface area contributed by atoms with Gasteiger partial charge in [-0.2, -0.15) is 0 Å². The number of nitrogens with zero attached hydrogens (tertiary/aromatic N) is 1. The Morgan fingerprint density at radius 2 is 2.00 bits per heavy atom. The fourth-order valence-electron chi connectivity index (χ4n) is 3.08. The zero-order chi connectivity index (χ0) is 15.5. The van der Waals surface area contributed by atoms with Crippen molar-refractivity contribution < 1.29 is 19.1 Å². The lowest BCUT2D eigenvalue weighted by atomic mass is 9.79. The number of furan rings is 1. The van der Waals surface area contributed by atoms with Gasteiger partial charge >= 0.3 is 5.97 Å². The molecular formula is C15H20BrNO4. The summed E-state index contributed by atoms with van der Waals surface area (Å²) in [5, 5.41) is 9.08. The molecule has 1 saturated carbocycles. The summed E-state index contributed by atoms with van der Waals surface area (Å²) in [4.78, 5) is 25.0. The molecule has 1 fully saturated rings. The molecule has 1 N–H and O–H groups in total. The molecule has 5 nitrogen and oxygen atoms in total. The maximum absolute atomic E-state index is 12.4. The van der Waals surface area contributed by atoms with Gasteiger partial charge in [0.25, 0.3) is 0 Å². The van der Waals surface area contributed by atoms with E-state index < -0.39 is 5.97 Å². The Hall–Kier alpha value is -1.30. The highest BCUT2D eigenvalue weighted by molar-refractivity contribution is 9.10. The molecule has 0 aliphatic heterocycles. The monoisotopic (exact) mass is 357 g/mol. The summed E-state index contributed by atoms with van der Waals surface area (Å²) in [6.07, 6.45) is 4.05. The van der Waals surface area contributed by atoms with Gasteiger partial charge in [-0.25, -0.2) is 0 Å². The smallest absolute Gasteiger partial charge is 0.303 e. The number of carboxylic acid groups (broad SMARTS) is 1. The van der Waals surface area contributed by atoms with Crippen LogP contribution in [0.3, 0.4) is 0 Å². The molecule has 1 aromatic rings. The molecule has 1 aromatic heterocycles. The Balaban J connectivity index is 1.96. The molecule has 1 heterocycles. The molecule has 0 saturated heterocycles. The van der Waals surface area contributed by atoms with Gasteiger partial charge in [0.05, 0.1) is 13.0 Å². The van der Waals surface area contributed by atoms with Crippen LogP contribution in [-0.2, 0) is 16.1 Å². The second kappa shape index (κ2) is 6.64. The van der Waals surface area contributed by atoms with Gasteiger partial charge < -0.3 is 14.4 Å². The summed E-state index contributed by atoms with van der Waals surface area (Å²) in [5.41, 5.74) is -0.360. The second-order valence-electron chi connectivity index (χ2n) is 5.91. The minimum absolute atomic E-state index is 0.0225. The number of hydrogen-bond donors (Lipinski definition) is 1. The first-order chi connectivity index (χ1) is 9.90. The number of amides is 1. The Bertz CT molecular complexity index is 519. The van der Waals surface area contributed by atoms with E-state index in [1.54, 1.807) is 18.0 Å². The number of hydrogen-bond acceptors (Lipinski definition) is 3. The van der Waals surface area contributed by atoms with E-state index in [0.29, 0.717) is 23.4 Å². The maximum Gasteiger partial charge on any atom is 0.303 e. The molecule has 0 radical (unpaired) electrons. The predicted octanol–water partition coefficient (Wildman–Crippen LogP) is 3.43. The summed E-state index contributed by atoms with van der Waals surface area (Å²) >= 11 is 3.23. The zero-order valence-corrected chi connectivity index (χ0v) is 13.7. The SMILES string of the molecule is CN(Cc1ccc(Br)o1)C(=O)CC1(CC(=O)O)CCCC1. The standard InChI is InChI=1S/C15H20BrNO4/c1-17(10-11-4-5-12(16)21-11)13(18)8-15(9-14(19)20)6-2-3-7-15/h4-5H,2-3,6-10H2,1H3,(H,19,20). The predicted molar refractivity (Wildman–Crippen MR) is 80.7 cm³/mol. The van der Waals surface area contributed by atoms with Gasteiger partial charge in [-0.05, 0) is 46.3 Å². The highest BCUT2D eigenvalue weighted by Gasteiger charge is 2.38. The van der Waals surface area contributed by atoms with E-state index in [1.807, 2.05) is 6.07 Å². The first-order valence-corrected chi connectivity index (χ1v) is 7.89. The Morgan fingerprint density at radius 3 is 2.52 bits per heavy atom. The number of rotatable bonds is 6. The molecule has 0 atom stereocenters. The average molecular weight is 358 g/mol. The number of carbonyl (C=O) groups excluding carboxylic acids is 1. The van der Waals surface area contributed by atoms with Crippen molar-refractivity contribution in [2.24, 2.45) is 5.41 Å². The van der Waals surface area contributed by atoms with Gasteiger partial charge in [0, 0.05) is 13.5 Å². The molecule has 21 heavy (non-hydrogen) atoms. The number of carbonyl (C=O) groups is 2. The topological polar surface area (TPSA) is 70.8 Å². The van der Waals surface area contributed by atoms with Gasteiger partial charge in [-0.1, -0.05) is 12.8 Å². The number of carboxylic acids is 1. The van der Waals surface area contributed by atoms with Crippen molar-refractivity contribution in [1.82, 2.24) is 4.90 Å². The summed E-state index contributed by atoms with van der Waals surface area (Å²) in [6.45, 7) is 0.396. The van der Waals surface area contributed by atoms with Gasteiger partial charge in [0.2, 0.25) is 5.91 Å². The van der Waals surface area contributed by atoms with Crippen LogP contribution >= 0.6 is 15.9 Å². The summed E-state index contributed by atoms with van der Waals surface area (Å²) < 4.78 is 6.03. The van der Waals surface area contributed by atoms with Crippen LogP contribution in [-0.4, -0.2) is 28.9 Å². The van der Waals surface area contributed by atoms with Crippen molar-refractivity contribution in [3.8, 4) is 0 Å². The highest BCUT2D eigenvalue weighted by atomic mass is 79.9. The van der Waals surface area contributed by atoms with Crippen LogP contribution in [0.25, 0.3) is 0 Å². The van der Waals surface area contributed by atoms with Gasteiger partial charge in [-0.3, -0.25) is 9.59 Å². The first-order valence-electron chi connectivity index (χ1n) is 7.10. The molecule has 1 amide bonds. The maximum atomic E-state index is 12.4. The van der Waals surface area contributed by atoms with E-state index in [0.717, 1.165) is 25.7 Å². The van der Waals surface area contributed by atoms with Crippen molar-refractivity contribution in [3.05, 3.63) is 22.6 Å². The van der Waals surface area contributed by atoms with Crippen LogP contribution < -0.4 is 0 Å². The van der Waals surface area contributed by atoms with Crippen LogP contribution in [0.5, 0.6) is 0 Å². The van der Waals surface area contributed by atoms with E-state index >= 15 is 0 Å². The van der Waals surface area contributed by atoms with Crippen LogP contribution in [0.1, 0.15) is 44.3 Å². The fraction of sp³-hybridized carbons (Fsp3) is 0.600. The van der Waals surface area contributed by atoms with Gasteiger partial charge in [0.15, 0.2) is 4.67 Å². The lowest BCUT2D eigenvalue weighted by Gasteiger charge is -2.28. The normalized spacial score (nSPS) is 16.9. The number of halogens is 1. The molecule has 0 unspecified atom stereocenters. The van der Waals surface area contributed by atoms with Crippen LogP contribution in [0.4, 0.5) is 0 Å². The van der Waals surface area contributed by atoms with E-state index in [2.05, 4.69) is 15.9 Å². The molecule has 0 bridgehead atoms. The third-order valence-corrected chi connectivity index (χ3v) is 4.59. The van der Waals surface area contributed by atoms with E-state index in [1.165, 1.54) is 0 Å². The van der Waals surface area contributed by atoms with E-state index in [4.69, 9.17) is 9.52 Å². The largest absolute Gasteiger partial charge is 0.481 e. The van der Waals surface area contributed by atoms with E-state index in [9.17, 15) is 9.59 Å². The first kappa shape index (κ1) is 16.1. The Morgan fingerprint density at radius 1 is 1.33 bits per heavy atom. The lowest BCUT2D eigenvalue weighted by Crippen LogP contribution is -2.33. The van der Waals surface area contributed by atoms with Crippen molar-refractivity contribution in [3.63, 3.8) is 0 Å². The third kappa shape index (κ3) is 4.33. The molecule has 116 valence electrons. The van der Waals surface area contributed by atoms with Gasteiger partial charge in [-0.15, -0.1) is 0 Å². The molecule has 1 aliphatic carbocycles. The third-order valence-electron chi connectivity index (χ3n) is 4.16. The summed E-state index contributed by atoms with van der Waals surface area (Å²) in [6, 6.07) is 3.60. The zero-order valence-electron chi connectivity index (χ0n) is 12.1. The summed E-state index contributed by atoms with van der Waals surface area (Å²) in [7, 11) is 1.72. The fourth-order valence-corrected chi connectivity index (χ4v) is 3.42. The quantitative estimate of drug-likeness (QED) is 0.846. The van der Waals surface area contributed by atoms with Crippen LogP contribution in [0, 0.1) is 5.41 Å². The lowest BCUT2D eigenvalue weighted by molar-refractivity contribution is -0.141. The number of aliphatic carboxylic acids is 1. The minimum atomic E-state index is -0.817. The van der Waals surface area contributed by atoms with E-state index in [-0.39, 0.29) is 17.7 Å². The minimum Gasteiger partial charge on any atom is -0.481 e. The van der Waals surface area contributed by atoms with Crippen LogP contribution in [0.2, 0.25) is 0 Å². The van der Waals surface area contributed by atoms with Crippen LogP contribution in [0.15, 0.2) is 21.2 Å². The molecule has 2 rings (SSSR count). The van der Waals surface area contributed by atoms with Gasteiger partial charge in [0.1, 0.15) is 5.76 Å². The Labute approximate surface area is 132 Å². The molecule has 0 spiro atoms. The van der Waals surface area contributed by atoms with Crippen molar-refractivity contribution in [2.45, 2.75) is 45.1 Å². The molecule has 6 heteroatoms. The van der Waals surface area contributed by atoms with Crippen molar-refractivity contribution in [1.29, 1.82) is 0 Å². The molecule has 0 aromatic carbocycles. The summed E-state index contributed by atoms with van der Waals surface area (Å²) in [5.74, 6) is -0.135. The Kier molecular flexibility index (Phi) is 5.08. The molecule has 1 aliphatic rings. The van der Waals surface area contributed by atoms with Crippen molar-refractivity contribution >= 4 is 27.8 Å². The highest BCUT2D eigenvalue weighted by Crippen LogP contribution is 2.44. The average Bonchev–Trinajstić information content (AvgIpc) is 2.98.